The lowest BCUT2D eigenvalue weighted by Crippen LogP contribution is -2.43. The van der Waals surface area contributed by atoms with Gasteiger partial charge in [-0.2, -0.15) is 0 Å². The van der Waals surface area contributed by atoms with Gasteiger partial charge in [-0.1, -0.05) is 19.0 Å². The van der Waals surface area contributed by atoms with E-state index in [-0.39, 0.29) is 17.7 Å². The highest BCUT2D eigenvalue weighted by Crippen LogP contribution is 2.14. The summed E-state index contributed by atoms with van der Waals surface area (Å²) in [6.07, 6.45) is 4.20. The average molecular weight is 278 g/mol. The molecule has 0 fully saturated rings. The Morgan fingerprint density at radius 1 is 1.45 bits per heavy atom. The molecule has 1 unspecified atom stereocenters. The Hall–Kier alpha value is -2.11. The molecule has 0 aliphatic carbocycles. The van der Waals surface area contributed by atoms with E-state index in [1.807, 2.05) is 26.0 Å². The van der Waals surface area contributed by atoms with Crippen molar-refractivity contribution < 1.29 is 10.0 Å². The quantitative estimate of drug-likeness (QED) is 0.353. The third kappa shape index (κ3) is 4.22. The molecule has 0 spiro atoms. The van der Waals surface area contributed by atoms with Gasteiger partial charge in [-0.15, -0.1) is 0 Å². The first-order valence-electron chi connectivity index (χ1n) is 6.58. The fraction of sp³-hybridized carbons (Fsp3) is 0.500. The number of rotatable bonds is 6. The van der Waals surface area contributed by atoms with Gasteiger partial charge in [0.15, 0.2) is 5.84 Å². The van der Waals surface area contributed by atoms with Crippen LogP contribution in [0.25, 0.3) is 0 Å². The summed E-state index contributed by atoms with van der Waals surface area (Å²) >= 11 is 0. The van der Waals surface area contributed by atoms with E-state index in [0.717, 1.165) is 12.0 Å². The molecule has 0 aliphatic heterocycles. The summed E-state index contributed by atoms with van der Waals surface area (Å²) in [4.78, 5) is 17.9. The number of amidine groups is 1. The van der Waals surface area contributed by atoms with Gasteiger partial charge in [0.05, 0.1) is 0 Å². The van der Waals surface area contributed by atoms with Crippen LogP contribution in [-0.2, 0) is 11.2 Å². The monoisotopic (exact) mass is 278 g/mol. The van der Waals surface area contributed by atoms with Crippen molar-refractivity contribution in [2.24, 2.45) is 22.7 Å². The number of pyridine rings is 1. The number of aromatic nitrogens is 1. The second kappa shape index (κ2) is 7.47. The molecule has 0 saturated carbocycles. The molecule has 1 aromatic heterocycles. The average Bonchev–Trinajstić information content (AvgIpc) is 2.45. The van der Waals surface area contributed by atoms with Crippen LogP contribution in [0.3, 0.4) is 0 Å². The van der Waals surface area contributed by atoms with Crippen molar-refractivity contribution in [1.29, 1.82) is 0 Å². The molecule has 1 amide bonds. The van der Waals surface area contributed by atoms with Crippen molar-refractivity contribution in [3.63, 3.8) is 0 Å². The first-order valence-corrected chi connectivity index (χ1v) is 6.58. The smallest absolute Gasteiger partial charge is 0.233 e. The Morgan fingerprint density at radius 2 is 2.05 bits per heavy atom. The van der Waals surface area contributed by atoms with Gasteiger partial charge in [0, 0.05) is 26.0 Å². The Kier molecular flexibility index (Phi) is 5.96. The summed E-state index contributed by atoms with van der Waals surface area (Å²) < 4.78 is 0. The van der Waals surface area contributed by atoms with Crippen molar-refractivity contribution in [1.82, 2.24) is 9.88 Å². The number of hydrogen-bond donors (Lipinski definition) is 2. The standard InChI is InChI=1S/C14H22N4O2/c1-10(2)12(13(15)17-20)14(19)18(3)9-6-11-4-7-16-8-5-11/h4-5,7-8,10,12,20H,6,9H2,1-3H3,(H2,15,17). The molecule has 0 bridgehead atoms. The van der Waals surface area contributed by atoms with Crippen LogP contribution in [0.15, 0.2) is 29.7 Å². The molecule has 6 heteroatoms. The molecular weight excluding hydrogens is 256 g/mol. The summed E-state index contributed by atoms with van der Waals surface area (Å²) in [6, 6.07) is 3.84. The van der Waals surface area contributed by atoms with E-state index in [1.54, 1.807) is 24.3 Å². The van der Waals surface area contributed by atoms with E-state index in [0.29, 0.717) is 6.54 Å². The van der Waals surface area contributed by atoms with E-state index in [2.05, 4.69) is 10.1 Å². The van der Waals surface area contributed by atoms with E-state index >= 15 is 0 Å². The van der Waals surface area contributed by atoms with E-state index in [9.17, 15) is 4.79 Å². The second-order valence-electron chi connectivity index (χ2n) is 5.11. The summed E-state index contributed by atoms with van der Waals surface area (Å²) in [6.45, 7) is 4.32. The number of nitrogens with zero attached hydrogens (tertiary/aromatic N) is 3. The van der Waals surface area contributed by atoms with Gasteiger partial charge < -0.3 is 15.8 Å². The lowest BCUT2D eigenvalue weighted by Gasteiger charge is -2.25. The number of carbonyl (C=O) groups excluding carboxylic acids is 1. The summed E-state index contributed by atoms with van der Waals surface area (Å²) in [5, 5.41) is 11.7. The minimum atomic E-state index is -0.595. The number of oxime groups is 1. The third-order valence-electron chi connectivity index (χ3n) is 3.23. The zero-order valence-electron chi connectivity index (χ0n) is 12.2. The predicted octanol–water partition coefficient (Wildman–Crippen LogP) is 1.10. The van der Waals surface area contributed by atoms with Crippen molar-refractivity contribution in [2.75, 3.05) is 13.6 Å². The van der Waals surface area contributed by atoms with Crippen molar-refractivity contribution in [3.05, 3.63) is 30.1 Å². The number of amides is 1. The maximum absolute atomic E-state index is 12.3. The molecule has 0 aromatic carbocycles. The highest BCUT2D eigenvalue weighted by Gasteiger charge is 2.29. The van der Waals surface area contributed by atoms with Gasteiger partial charge in [-0.05, 0) is 30.0 Å². The lowest BCUT2D eigenvalue weighted by molar-refractivity contribution is -0.133. The first kappa shape index (κ1) is 15.9. The molecule has 20 heavy (non-hydrogen) atoms. The van der Waals surface area contributed by atoms with Gasteiger partial charge in [-0.25, -0.2) is 0 Å². The normalized spacial score (nSPS) is 13.3. The van der Waals surface area contributed by atoms with Crippen LogP contribution in [0.5, 0.6) is 0 Å². The molecule has 1 heterocycles. The molecule has 1 rings (SSSR count). The molecule has 1 aromatic rings. The minimum absolute atomic E-state index is 0.0261. The Morgan fingerprint density at radius 3 is 2.55 bits per heavy atom. The zero-order chi connectivity index (χ0) is 15.1. The molecule has 3 N–H and O–H groups in total. The third-order valence-corrected chi connectivity index (χ3v) is 3.23. The van der Waals surface area contributed by atoms with Crippen LogP contribution in [-0.4, -0.2) is 40.4 Å². The van der Waals surface area contributed by atoms with E-state index < -0.39 is 5.92 Å². The Balaban J connectivity index is 2.65. The van der Waals surface area contributed by atoms with Crippen molar-refractivity contribution >= 4 is 11.7 Å². The first-order chi connectivity index (χ1) is 9.47. The molecule has 6 nitrogen and oxygen atoms in total. The highest BCUT2D eigenvalue weighted by molar-refractivity contribution is 6.02. The number of nitrogens with two attached hydrogens (primary N) is 1. The summed E-state index contributed by atoms with van der Waals surface area (Å²) in [5.41, 5.74) is 6.72. The molecule has 1 atom stereocenters. The SMILES string of the molecule is CC(C)C(C(=O)N(C)CCc1ccncc1)C(N)=NO. The molecular formula is C14H22N4O2. The molecule has 0 aliphatic rings. The van der Waals surface area contributed by atoms with Crippen molar-refractivity contribution in [2.45, 2.75) is 20.3 Å². The number of hydrogen-bond acceptors (Lipinski definition) is 4. The molecule has 110 valence electrons. The molecule has 0 radical (unpaired) electrons. The van der Waals surface area contributed by atoms with Crippen molar-refractivity contribution in [3.8, 4) is 0 Å². The van der Waals surface area contributed by atoms with Crippen LogP contribution >= 0.6 is 0 Å². The largest absolute Gasteiger partial charge is 0.409 e. The van der Waals surface area contributed by atoms with E-state index in [1.165, 1.54) is 0 Å². The topological polar surface area (TPSA) is 91.8 Å². The van der Waals surface area contributed by atoms with Gasteiger partial charge in [-0.3, -0.25) is 9.78 Å². The number of likely N-dealkylation sites (N-methyl/N-ethyl adjacent to an activating group) is 1. The van der Waals surface area contributed by atoms with Crippen LogP contribution < -0.4 is 5.73 Å². The fourth-order valence-electron chi connectivity index (χ4n) is 2.01. The van der Waals surface area contributed by atoms with Crippen LogP contribution in [0, 0.1) is 11.8 Å². The Labute approximate surface area is 119 Å². The van der Waals surface area contributed by atoms with Gasteiger partial charge in [0.1, 0.15) is 5.92 Å². The summed E-state index contributed by atoms with van der Waals surface area (Å²) in [5.74, 6) is -0.797. The fourth-order valence-corrected chi connectivity index (χ4v) is 2.01. The maximum atomic E-state index is 12.3. The zero-order valence-corrected chi connectivity index (χ0v) is 12.2. The minimum Gasteiger partial charge on any atom is -0.409 e. The highest BCUT2D eigenvalue weighted by atomic mass is 16.4. The van der Waals surface area contributed by atoms with E-state index in [4.69, 9.17) is 10.9 Å². The predicted molar refractivity (Wildman–Crippen MR) is 77.3 cm³/mol. The maximum Gasteiger partial charge on any atom is 0.233 e. The van der Waals surface area contributed by atoms with Crippen LogP contribution in [0.1, 0.15) is 19.4 Å². The summed E-state index contributed by atoms with van der Waals surface area (Å²) in [7, 11) is 1.73. The number of carbonyl (C=O) groups is 1. The van der Waals surface area contributed by atoms with Gasteiger partial charge >= 0.3 is 0 Å². The van der Waals surface area contributed by atoms with Gasteiger partial charge in [0.2, 0.25) is 5.91 Å². The second-order valence-corrected chi connectivity index (χ2v) is 5.11. The Bertz CT molecular complexity index is 460. The van der Waals surface area contributed by atoms with Gasteiger partial charge in [0.25, 0.3) is 0 Å². The van der Waals surface area contributed by atoms with Crippen LogP contribution in [0.4, 0.5) is 0 Å². The lowest BCUT2D eigenvalue weighted by atomic mass is 9.93. The molecule has 0 saturated heterocycles. The van der Waals surface area contributed by atoms with Crippen LogP contribution in [0.2, 0.25) is 0 Å².